The minimum absolute atomic E-state index is 0.143. The minimum Gasteiger partial charge on any atom is -0.491 e. The van der Waals surface area contributed by atoms with E-state index >= 15 is 0 Å². The number of halogens is 4. The van der Waals surface area contributed by atoms with E-state index in [4.69, 9.17) is 9.84 Å². The van der Waals surface area contributed by atoms with Crippen LogP contribution in [0.4, 0.5) is 17.6 Å². The molecule has 6 heteroatoms. The molecule has 0 atom stereocenters. The largest absolute Gasteiger partial charge is 0.491 e. The van der Waals surface area contributed by atoms with E-state index < -0.39 is 41.0 Å². The van der Waals surface area contributed by atoms with Crippen molar-refractivity contribution in [2.24, 2.45) is 0 Å². The summed E-state index contributed by atoms with van der Waals surface area (Å²) in [7, 11) is 0. The summed E-state index contributed by atoms with van der Waals surface area (Å²) in [6, 6.07) is 4.46. The van der Waals surface area contributed by atoms with E-state index in [1.54, 1.807) is 6.92 Å². The van der Waals surface area contributed by atoms with Gasteiger partial charge in [0.15, 0.2) is 23.2 Å². The first-order valence-corrected chi connectivity index (χ1v) is 6.20. The molecule has 2 aromatic carbocycles. The fourth-order valence-electron chi connectivity index (χ4n) is 1.93. The second kappa shape index (κ2) is 6.13. The van der Waals surface area contributed by atoms with E-state index in [9.17, 15) is 17.6 Å². The quantitative estimate of drug-likeness (QED) is 0.870. The van der Waals surface area contributed by atoms with Crippen LogP contribution >= 0.6 is 0 Å². The van der Waals surface area contributed by atoms with E-state index in [1.807, 2.05) is 0 Å². The van der Waals surface area contributed by atoms with Gasteiger partial charge in [0.1, 0.15) is 0 Å². The van der Waals surface area contributed by atoms with Crippen molar-refractivity contribution in [1.82, 2.24) is 0 Å². The van der Waals surface area contributed by atoms with Gasteiger partial charge in [-0.25, -0.2) is 13.2 Å². The monoisotopic (exact) mass is 300 g/mol. The van der Waals surface area contributed by atoms with Crippen molar-refractivity contribution in [3.8, 4) is 16.9 Å². The van der Waals surface area contributed by atoms with Gasteiger partial charge in [0.25, 0.3) is 0 Å². The Morgan fingerprint density at radius 3 is 2.00 bits per heavy atom. The van der Waals surface area contributed by atoms with Crippen molar-refractivity contribution in [2.75, 3.05) is 6.61 Å². The van der Waals surface area contributed by atoms with Crippen LogP contribution in [0.25, 0.3) is 11.1 Å². The SMILES string of the molecule is CCOc1ccc(-c2ccc(CO)c(F)c2F)c(F)c1F. The van der Waals surface area contributed by atoms with Crippen molar-refractivity contribution < 1.29 is 27.4 Å². The van der Waals surface area contributed by atoms with Crippen molar-refractivity contribution in [2.45, 2.75) is 13.5 Å². The maximum Gasteiger partial charge on any atom is 0.201 e. The Morgan fingerprint density at radius 2 is 1.43 bits per heavy atom. The Kier molecular flexibility index (Phi) is 4.47. The molecule has 0 amide bonds. The number of rotatable bonds is 4. The summed E-state index contributed by atoms with van der Waals surface area (Å²) in [6.07, 6.45) is 0. The summed E-state index contributed by atoms with van der Waals surface area (Å²) in [5, 5.41) is 8.84. The van der Waals surface area contributed by atoms with Crippen molar-refractivity contribution in [3.63, 3.8) is 0 Å². The number of aliphatic hydroxyl groups is 1. The van der Waals surface area contributed by atoms with Gasteiger partial charge in [-0.3, -0.25) is 0 Å². The topological polar surface area (TPSA) is 29.5 Å². The Balaban J connectivity index is 2.58. The third-order valence-electron chi connectivity index (χ3n) is 2.97. The Hall–Kier alpha value is -2.08. The van der Waals surface area contributed by atoms with Crippen LogP contribution in [0.5, 0.6) is 5.75 Å². The molecule has 0 saturated heterocycles. The van der Waals surface area contributed by atoms with Crippen LogP contribution in [-0.4, -0.2) is 11.7 Å². The third-order valence-corrected chi connectivity index (χ3v) is 2.97. The molecule has 2 aromatic rings. The summed E-state index contributed by atoms with van der Waals surface area (Å²) in [5.74, 6) is -5.52. The maximum atomic E-state index is 14.0. The number of ether oxygens (including phenoxy) is 1. The molecule has 21 heavy (non-hydrogen) atoms. The number of hydrogen-bond acceptors (Lipinski definition) is 2. The molecule has 0 aliphatic rings. The zero-order valence-corrected chi connectivity index (χ0v) is 11.1. The number of benzene rings is 2. The molecule has 112 valence electrons. The molecule has 0 radical (unpaired) electrons. The highest BCUT2D eigenvalue weighted by molar-refractivity contribution is 5.66. The summed E-state index contributed by atoms with van der Waals surface area (Å²) in [4.78, 5) is 0. The molecule has 0 fully saturated rings. The lowest BCUT2D eigenvalue weighted by Gasteiger charge is -2.11. The second-order valence-electron chi connectivity index (χ2n) is 4.23. The highest BCUT2D eigenvalue weighted by atomic mass is 19.2. The predicted octanol–water partition coefficient (Wildman–Crippen LogP) is 3.80. The Bertz CT molecular complexity index is 671. The van der Waals surface area contributed by atoms with E-state index in [0.29, 0.717) is 0 Å². The van der Waals surface area contributed by atoms with Gasteiger partial charge in [-0.15, -0.1) is 0 Å². The molecular formula is C15H12F4O2. The van der Waals surface area contributed by atoms with Gasteiger partial charge in [0.2, 0.25) is 5.82 Å². The van der Waals surface area contributed by atoms with Crippen molar-refractivity contribution in [1.29, 1.82) is 0 Å². The third kappa shape index (κ3) is 2.71. The second-order valence-corrected chi connectivity index (χ2v) is 4.23. The first kappa shape index (κ1) is 15.3. The highest BCUT2D eigenvalue weighted by Gasteiger charge is 2.20. The molecule has 0 aliphatic carbocycles. The van der Waals surface area contributed by atoms with Crippen LogP contribution in [0, 0.1) is 23.3 Å². The highest BCUT2D eigenvalue weighted by Crippen LogP contribution is 2.32. The molecule has 2 rings (SSSR count). The van der Waals surface area contributed by atoms with Crippen molar-refractivity contribution in [3.05, 3.63) is 53.1 Å². The summed E-state index contributed by atoms with van der Waals surface area (Å²) >= 11 is 0. The van der Waals surface area contributed by atoms with E-state index in [1.165, 1.54) is 0 Å². The zero-order valence-electron chi connectivity index (χ0n) is 11.1. The van der Waals surface area contributed by atoms with Gasteiger partial charge in [-0.05, 0) is 19.1 Å². The van der Waals surface area contributed by atoms with Crippen LogP contribution in [0.2, 0.25) is 0 Å². The summed E-state index contributed by atoms with van der Waals surface area (Å²) in [6.45, 7) is 1.06. The molecule has 0 aromatic heterocycles. The molecule has 1 N–H and O–H groups in total. The fraction of sp³-hybridized carbons (Fsp3) is 0.200. The van der Waals surface area contributed by atoms with Gasteiger partial charge in [0.05, 0.1) is 13.2 Å². The zero-order chi connectivity index (χ0) is 15.6. The fourth-order valence-corrected chi connectivity index (χ4v) is 1.93. The van der Waals surface area contributed by atoms with Gasteiger partial charge in [0, 0.05) is 16.7 Å². The predicted molar refractivity (Wildman–Crippen MR) is 68.8 cm³/mol. The molecule has 0 heterocycles. The lowest BCUT2D eigenvalue weighted by Crippen LogP contribution is -2.01. The summed E-state index contributed by atoms with van der Waals surface area (Å²) < 4.78 is 60.1. The van der Waals surface area contributed by atoms with Gasteiger partial charge in [-0.2, -0.15) is 4.39 Å². The van der Waals surface area contributed by atoms with Gasteiger partial charge >= 0.3 is 0 Å². The standard InChI is InChI=1S/C15H12F4O2/c1-2-21-11-6-5-10(14(18)15(11)19)9-4-3-8(7-20)12(16)13(9)17/h3-6,20H,2,7H2,1H3. The average Bonchev–Trinajstić information content (AvgIpc) is 2.48. The smallest absolute Gasteiger partial charge is 0.201 e. The maximum absolute atomic E-state index is 14.0. The minimum atomic E-state index is -1.34. The first-order valence-electron chi connectivity index (χ1n) is 6.20. The first-order chi connectivity index (χ1) is 10.0. The average molecular weight is 300 g/mol. The van der Waals surface area contributed by atoms with E-state index in [-0.39, 0.29) is 17.9 Å². The van der Waals surface area contributed by atoms with Crippen LogP contribution < -0.4 is 4.74 Å². The lowest BCUT2D eigenvalue weighted by molar-refractivity contribution is 0.273. The summed E-state index contributed by atoms with van der Waals surface area (Å²) in [5.41, 5.74) is -1.11. The van der Waals surface area contributed by atoms with Gasteiger partial charge < -0.3 is 9.84 Å². The number of hydrogen-bond donors (Lipinski definition) is 1. The molecule has 0 saturated carbocycles. The van der Waals surface area contributed by atoms with Crippen LogP contribution in [-0.2, 0) is 6.61 Å². The molecule has 0 bridgehead atoms. The Labute approximate surface area is 118 Å². The van der Waals surface area contributed by atoms with Crippen molar-refractivity contribution >= 4 is 0 Å². The van der Waals surface area contributed by atoms with E-state index in [2.05, 4.69) is 0 Å². The number of aliphatic hydroxyl groups excluding tert-OH is 1. The molecule has 0 spiro atoms. The van der Waals surface area contributed by atoms with Crippen LogP contribution in [0.1, 0.15) is 12.5 Å². The molecular weight excluding hydrogens is 288 g/mol. The Morgan fingerprint density at radius 1 is 0.857 bits per heavy atom. The lowest BCUT2D eigenvalue weighted by atomic mass is 10.0. The van der Waals surface area contributed by atoms with Gasteiger partial charge in [-0.1, -0.05) is 12.1 Å². The van der Waals surface area contributed by atoms with Crippen LogP contribution in [0.3, 0.4) is 0 Å². The molecule has 0 aliphatic heterocycles. The molecule has 0 unspecified atom stereocenters. The van der Waals surface area contributed by atoms with E-state index in [0.717, 1.165) is 24.3 Å². The normalized spacial score (nSPS) is 10.8. The van der Waals surface area contributed by atoms with Crippen LogP contribution in [0.15, 0.2) is 24.3 Å². The molecule has 2 nitrogen and oxygen atoms in total.